The fourth-order valence-electron chi connectivity index (χ4n) is 1.57. The molecule has 1 aromatic heterocycles. The van der Waals surface area contributed by atoms with E-state index in [9.17, 15) is 9.59 Å². The number of rotatable bonds is 5. The van der Waals surface area contributed by atoms with Crippen LogP contribution in [-0.4, -0.2) is 17.2 Å². The molecule has 2 aromatic rings. The van der Waals surface area contributed by atoms with Gasteiger partial charge in [-0.1, -0.05) is 30.3 Å². The summed E-state index contributed by atoms with van der Waals surface area (Å²) in [4.78, 5) is 23.6. The van der Waals surface area contributed by atoms with Crippen LogP contribution < -0.4 is 5.32 Å². The summed E-state index contributed by atoms with van der Waals surface area (Å²) in [5, 5.41) is 11.4. The summed E-state index contributed by atoms with van der Waals surface area (Å²) < 4.78 is 5.86. The first-order chi connectivity index (χ1) is 10.5. The summed E-state index contributed by atoms with van der Waals surface area (Å²) in [6, 6.07) is 12.7. The molecule has 0 bridgehead atoms. The van der Waals surface area contributed by atoms with Crippen molar-refractivity contribution < 1.29 is 19.4 Å². The van der Waals surface area contributed by atoms with Gasteiger partial charge < -0.3 is 9.84 Å². The lowest BCUT2D eigenvalue weighted by Gasteiger charge is -2.07. The number of hydrogen-bond donors (Lipinski definition) is 2. The number of carboxylic acid groups (broad SMARTS) is 1. The molecular weight excluding hydrogens is 370 g/mol. The van der Waals surface area contributed by atoms with Gasteiger partial charge in [0.2, 0.25) is 0 Å². The van der Waals surface area contributed by atoms with Crippen LogP contribution in [-0.2, 0) is 16.1 Å². The Hall–Kier alpha value is -2.12. The van der Waals surface area contributed by atoms with E-state index in [0.717, 1.165) is 9.35 Å². The Morgan fingerprint density at radius 2 is 1.95 bits per heavy atom. The Morgan fingerprint density at radius 3 is 2.55 bits per heavy atom. The third kappa shape index (κ3) is 5.01. The smallest absolute Gasteiger partial charge is 0.412 e. The van der Waals surface area contributed by atoms with Gasteiger partial charge in [-0.3, -0.25) is 5.32 Å². The third-order valence-corrected chi connectivity index (χ3v) is 4.13. The summed E-state index contributed by atoms with van der Waals surface area (Å²) in [7, 11) is 0. The lowest BCUT2D eigenvalue weighted by atomic mass is 10.2. The zero-order chi connectivity index (χ0) is 15.9. The average molecular weight is 382 g/mol. The topological polar surface area (TPSA) is 75.6 Å². The quantitative estimate of drug-likeness (QED) is 0.770. The van der Waals surface area contributed by atoms with Gasteiger partial charge in [-0.05, 0) is 39.7 Å². The van der Waals surface area contributed by atoms with E-state index in [-0.39, 0.29) is 12.3 Å². The highest BCUT2D eigenvalue weighted by Crippen LogP contribution is 2.23. The molecule has 2 rings (SSSR count). The number of alkyl carbamates (subject to hydrolysis) is 1. The number of carbonyl (C=O) groups is 2. The van der Waals surface area contributed by atoms with E-state index in [1.165, 1.54) is 17.4 Å². The first kappa shape index (κ1) is 16.3. The first-order valence-corrected chi connectivity index (χ1v) is 7.83. The monoisotopic (exact) mass is 381 g/mol. The number of aliphatic carboxylic acids is 1. The van der Waals surface area contributed by atoms with Gasteiger partial charge in [0.1, 0.15) is 12.3 Å². The van der Waals surface area contributed by atoms with Crippen LogP contribution in [0.5, 0.6) is 0 Å². The molecule has 0 unspecified atom stereocenters. The van der Waals surface area contributed by atoms with Crippen molar-refractivity contribution >= 4 is 45.4 Å². The number of thiophene rings is 1. The van der Waals surface area contributed by atoms with E-state index in [2.05, 4.69) is 21.2 Å². The summed E-state index contributed by atoms with van der Waals surface area (Å²) in [6.45, 7) is 0.0735. The van der Waals surface area contributed by atoms with E-state index >= 15 is 0 Å². The molecule has 1 aromatic carbocycles. The second-order valence-electron chi connectivity index (χ2n) is 4.19. The minimum absolute atomic E-state index is 0.0735. The van der Waals surface area contributed by atoms with E-state index in [1.807, 2.05) is 30.3 Å². The average Bonchev–Trinajstić information content (AvgIpc) is 2.91. The Morgan fingerprint density at radius 1 is 1.23 bits per heavy atom. The maximum atomic E-state index is 11.7. The molecule has 1 amide bonds. The molecule has 1 heterocycles. The van der Waals surface area contributed by atoms with Gasteiger partial charge in [0, 0.05) is 4.88 Å². The van der Waals surface area contributed by atoms with Crippen molar-refractivity contribution in [3.63, 3.8) is 0 Å². The maximum absolute atomic E-state index is 11.7. The maximum Gasteiger partial charge on any atom is 0.412 e. The minimum Gasteiger partial charge on any atom is -0.477 e. The molecular formula is C15H12BrNO4S. The molecule has 0 radical (unpaired) electrons. The fraction of sp³-hybridized carbons (Fsp3) is 0.0667. The lowest BCUT2D eigenvalue weighted by Crippen LogP contribution is -2.27. The van der Waals surface area contributed by atoms with Crippen molar-refractivity contribution in [2.45, 2.75) is 6.61 Å². The molecule has 5 nitrogen and oxygen atoms in total. The van der Waals surface area contributed by atoms with Crippen LogP contribution in [0.15, 0.2) is 51.9 Å². The highest BCUT2D eigenvalue weighted by atomic mass is 79.9. The Kier molecular flexibility index (Phi) is 5.74. The standard InChI is InChI=1S/C15H12BrNO4S/c16-13-7-6-11(22-13)8-12(14(18)19)17-15(20)21-9-10-4-2-1-3-5-10/h1-8H,9H2,(H,17,20)(H,18,19)/b12-8+. The number of amides is 1. The number of carbonyl (C=O) groups excluding carboxylic acids is 1. The van der Waals surface area contributed by atoms with Crippen LogP contribution in [0.3, 0.4) is 0 Å². The van der Waals surface area contributed by atoms with E-state index in [0.29, 0.717) is 4.88 Å². The molecule has 2 N–H and O–H groups in total. The van der Waals surface area contributed by atoms with Crippen molar-refractivity contribution in [2.75, 3.05) is 0 Å². The summed E-state index contributed by atoms with van der Waals surface area (Å²) in [5.41, 5.74) is 0.577. The molecule has 0 saturated carbocycles. The van der Waals surface area contributed by atoms with Crippen LogP contribution in [0.1, 0.15) is 10.4 Å². The van der Waals surface area contributed by atoms with Crippen molar-refractivity contribution in [1.82, 2.24) is 5.32 Å². The second kappa shape index (κ2) is 7.77. The van der Waals surface area contributed by atoms with E-state index in [1.54, 1.807) is 12.1 Å². The van der Waals surface area contributed by atoms with Gasteiger partial charge in [0.25, 0.3) is 0 Å². The molecule has 0 spiro atoms. The number of ether oxygens (including phenoxy) is 1. The summed E-state index contributed by atoms with van der Waals surface area (Å²) in [5.74, 6) is -1.24. The van der Waals surface area contributed by atoms with Gasteiger partial charge in [-0.2, -0.15) is 0 Å². The molecule has 0 aliphatic heterocycles. The normalized spacial score (nSPS) is 11.0. The van der Waals surface area contributed by atoms with Gasteiger partial charge in [0.15, 0.2) is 0 Å². The number of hydrogen-bond acceptors (Lipinski definition) is 4. The Labute approximate surface area is 139 Å². The summed E-state index contributed by atoms with van der Waals surface area (Å²) in [6.07, 6.45) is 0.565. The Balaban J connectivity index is 1.97. The first-order valence-electron chi connectivity index (χ1n) is 6.22. The highest BCUT2D eigenvalue weighted by molar-refractivity contribution is 9.11. The molecule has 0 saturated heterocycles. The molecule has 7 heteroatoms. The summed E-state index contributed by atoms with van der Waals surface area (Å²) >= 11 is 4.65. The minimum atomic E-state index is -1.24. The van der Waals surface area contributed by atoms with Gasteiger partial charge >= 0.3 is 12.1 Å². The van der Waals surface area contributed by atoms with Crippen LogP contribution in [0, 0.1) is 0 Å². The number of halogens is 1. The lowest BCUT2D eigenvalue weighted by molar-refractivity contribution is -0.132. The fourth-order valence-corrected chi connectivity index (χ4v) is 2.94. The van der Waals surface area contributed by atoms with Gasteiger partial charge in [-0.25, -0.2) is 9.59 Å². The molecule has 114 valence electrons. The van der Waals surface area contributed by atoms with Crippen LogP contribution in [0.2, 0.25) is 0 Å². The van der Waals surface area contributed by atoms with Gasteiger partial charge in [0.05, 0.1) is 3.79 Å². The zero-order valence-corrected chi connectivity index (χ0v) is 13.7. The zero-order valence-electron chi connectivity index (χ0n) is 11.3. The van der Waals surface area contributed by atoms with Crippen molar-refractivity contribution in [3.05, 3.63) is 62.4 Å². The van der Waals surface area contributed by atoms with Crippen LogP contribution >= 0.6 is 27.3 Å². The van der Waals surface area contributed by atoms with Crippen molar-refractivity contribution in [2.24, 2.45) is 0 Å². The van der Waals surface area contributed by atoms with E-state index in [4.69, 9.17) is 9.84 Å². The van der Waals surface area contributed by atoms with E-state index < -0.39 is 12.1 Å². The third-order valence-electron chi connectivity index (χ3n) is 2.56. The predicted molar refractivity (Wildman–Crippen MR) is 87.4 cm³/mol. The molecule has 0 atom stereocenters. The second-order valence-corrected chi connectivity index (χ2v) is 6.69. The largest absolute Gasteiger partial charge is 0.477 e. The number of nitrogens with one attached hydrogen (secondary N) is 1. The van der Waals surface area contributed by atoms with Crippen molar-refractivity contribution in [1.29, 1.82) is 0 Å². The van der Waals surface area contributed by atoms with Crippen LogP contribution in [0.25, 0.3) is 6.08 Å². The molecule has 22 heavy (non-hydrogen) atoms. The van der Waals surface area contributed by atoms with Gasteiger partial charge in [-0.15, -0.1) is 11.3 Å². The molecule has 0 aliphatic carbocycles. The highest BCUT2D eigenvalue weighted by Gasteiger charge is 2.13. The number of benzene rings is 1. The Bertz CT molecular complexity index is 697. The molecule has 0 aliphatic rings. The molecule has 0 fully saturated rings. The SMILES string of the molecule is O=C(N/C(=C/c1ccc(Br)s1)C(=O)O)OCc1ccccc1. The number of carboxylic acids is 1. The van der Waals surface area contributed by atoms with Crippen LogP contribution in [0.4, 0.5) is 4.79 Å². The predicted octanol–water partition coefficient (Wildman–Crippen LogP) is 3.86. The van der Waals surface area contributed by atoms with Crippen molar-refractivity contribution in [3.8, 4) is 0 Å².